The summed E-state index contributed by atoms with van der Waals surface area (Å²) in [6.07, 6.45) is 5.87. The van der Waals surface area contributed by atoms with Gasteiger partial charge in [0.15, 0.2) is 0 Å². The highest BCUT2D eigenvalue weighted by molar-refractivity contribution is 5.54. The third-order valence-electron chi connectivity index (χ3n) is 6.58. The van der Waals surface area contributed by atoms with Crippen molar-refractivity contribution in [3.63, 3.8) is 0 Å². The monoisotopic (exact) mass is 407 g/mol. The fourth-order valence-electron chi connectivity index (χ4n) is 4.91. The van der Waals surface area contributed by atoms with Crippen molar-refractivity contribution in [2.45, 2.75) is 38.6 Å². The molecular weight excluding hydrogens is 374 g/mol. The lowest BCUT2D eigenvalue weighted by atomic mass is 9.96. The van der Waals surface area contributed by atoms with E-state index in [-0.39, 0.29) is 0 Å². The maximum Gasteiger partial charge on any atom is 0.227 e. The fraction of sp³-hybridized carbons (Fsp3) is 0.583. The summed E-state index contributed by atoms with van der Waals surface area (Å²) in [5, 5.41) is 0. The lowest BCUT2D eigenvalue weighted by Crippen LogP contribution is -2.39. The maximum atomic E-state index is 5.59. The molecule has 0 unspecified atom stereocenters. The minimum Gasteiger partial charge on any atom is -0.378 e. The van der Waals surface area contributed by atoms with Gasteiger partial charge < -0.3 is 14.5 Å². The Kier molecular flexibility index (Phi) is 6.13. The largest absolute Gasteiger partial charge is 0.378 e. The predicted octanol–water partition coefficient (Wildman–Crippen LogP) is 2.90. The average Bonchev–Trinajstić information content (AvgIpc) is 3.05. The average molecular weight is 408 g/mol. The Balaban J connectivity index is 1.34. The van der Waals surface area contributed by atoms with E-state index in [4.69, 9.17) is 14.7 Å². The summed E-state index contributed by atoms with van der Waals surface area (Å²) in [6, 6.07) is 10.8. The molecule has 3 aliphatic rings. The van der Waals surface area contributed by atoms with Crippen LogP contribution in [0, 0.1) is 0 Å². The second-order valence-corrected chi connectivity index (χ2v) is 8.68. The molecular formula is C24H33N5O. The SMILES string of the molecule is c1ccc(CN2CCCN(c3nc4c(c(N5CCOCC5)n3)CCCC4)CC2)cc1. The van der Waals surface area contributed by atoms with E-state index in [1.54, 1.807) is 0 Å². The van der Waals surface area contributed by atoms with Crippen molar-refractivity contribution in [1.82, 2.24) is 14.9 Å². The number of anilines is 2. The van der Waals surface area contributed by atoms with Gasteiger partial charge in [0.1, 0.15) is 5.82 Å². The summed E-state index contributed by atoms with van der Waals surface area (Å²) in [7, 11) is 0. The standard InChI is InChI=1S/C24H33N5O/c1-2-7-20(8-3-1)19-27-11-6-12-29(14-13-27)24-25-22-10-5-4-9-21(22)23(26-24)28-15-17-30-18-16-28/h1-3,7-8H,4-6,9-19H2. The minimum atomic E-state index is 0.798. The second-order valence-electron chi connectivity index (χ2n) is 8.68. The van der Waals surface area contributed by atoms with Gasteiger partial charge in [-0.1, -0.05) is 30.3 Å². The molecule has 2 aliphatic heterocycles. The number of aryl methyl sites for hydroxylation is 1. The number of nitrogens with zero attached hydrogens (tertiary/aromatic N) is 5. The van der Waals surface area contributed by atoms with Crippen molar-refractivity contribution >= 4 is 11.8 Å². The Morgan fingerprint density at radius 2 is 1.60 bits per heavy atom. The first-order valence-corrected chi connectivity index (χ1v) is 11.6. The molecule has 0 radical (unpaired) electrons. The molecule has 0 atom stereocenters. The van der Waals surface area contributed by atoms with E-state index in [0.29, 0.717) is 0 Å². The van der Waals surface area contributed by atoms with E-state index in [1.807, 2.05) is 0 Å². The smallest absolute Gasteiger partial charge is 0.227 e. The molecule has 0 N–H and O–H groups in total. The fourth-order valence-corrected chi connectivity index (χ4v) is 4.91. The highest BCUT2D eigenvalue weighted by Gasteiger charge is 2.25. The van der Waals surface area contributed by atoms with Crippen LogP contribution in [-0.4, -0.2) is 67.4 Å². The molecule has 1 aromatic carbocycles. The highest BCUT2D eigenvalue weighted by atomic mass is 16.5. The number of hydrogen-bond acceptors (Lipinski definition) is 6. The third kappa shape index (κ3) is 4.44. The molecule has 1 aliphatic carbocycles. The van der Waals surface area contributed by atoms with Gasteiger partial charge in [0.05, 0.1) is 18.9 Å². The normalized spacial score (nSPS) is 20.7. The quantitative estimate of drug-likeness (QED) is 0.777. The summed E-state index contributed by atoms with van der Waals surface area (Å²) in [6.45, 7) is 8.72. The van der Waals surface area contributed by atoms with Crippen molar-refractivity contribution in [3.05, 3.63) is 47.2 Å². The molecule has 0 bridgehead atoms. The molecule has 6 heteroatoms. The number of aromatic nitrogens is 2. The van der Waals surface area contributed by atoms with Gasteiger partial charge in [0.25, 0.3) is 0 Å². The van der Waals surface area contributed by atoms with E-state index in [0.717, 1.165) is 84.2 Å². The molecule has 2 saturated heterocycles. The molecule has 30 heavy (non-hydrogen) atoms. The zero-order valence-corrected chi connectivity index (χ0v) is 17.9. The predicted molar refractivity (Wildman–Crippen MR) is 120 cm³/mol. The minimum absolute atomic E-state index is 0.798. The summed E-state index contributed by atoms with van der Waals surface area (Å²) in [5.41, 5.74) is 4.08. The molecule has 6 nitrogen and oxygen atoms in total. The van der Waals surface area contributed by atoms with Crippen LogP contribution < -0.4 is 9.80 Å². The van der Waals surface area contributed by atoms with E-state index in [9.17, 15) is 0 Å². The Morgan fingerprint density at radius 3 is 2.47 bits per heavy atom. The van der Waals surface area contributed by atoms with Gasteiger partial charge >= 0.3 is 0 Å². The zero-order valence-electron chi connectivity index (χ0n) is 17.9. The molecule has 0 saturated carbocycles. The zero-order chi connectivity index (χ0) is 20.2. The molecule has 5 rings (SSSR count). The van der Waals surface area contributed by atoms with Gasteiger partial charge in [-0.15, -0.1) is 0 Å². The van der Waals surface area contributed by atoms with Crippen LogP contribution in [0.2, 0.25) is 0 Å². The lowest BCUT2D eigenvalue weighted by Gasteiger charge is -2.32. The van der Waals surface area contributed by atoms with E-state index in [1.165, 1.54) is 35.5 Å². The van der Waals surface area contributed by atoms with Gasteiger partial charge in [0, 0.05) is 51.4 Å². The van der Waals surface area contributed by atoms with Crippen molar-refractivity contribution in [2.24, 2.45) is 0 Å². The number of morpholine rings is 1. The highest BCUT2D eigenvalue weighted by Crippen LogP contribution is 2.31. The Labute approximate surface area is 179 Å². The molecule has 3 heterocycles. The molecule has 2 aromatic rings. The van der Waals surface area contributed by atoms with Crippen LogP contribution in [0.5, 0.6) is 0 Å². The van der Waals surface area contributed by atoms with Crippen LogP contribution in [0.3, 0.4) is 0 Å². The van der Waals surface area contributed by atoms with Crippen LogP contribution in [0.15, 0.2) is 30.3 Å². The maximum absolute atomic E-state index is 5.59. The summed E-state index contributed by atoms with van der Waals surface area (Å²) >= 11 is 0. The Morgan fingerprint density at radius 1 is 0.767 bits per heavy atom. The Bertz CT molecular complexity index is 837. The number of ether oxygens (including phenoxy) is 1. The number of rotatable bonds is 4. The van der Waals surface area contributed by atoms with Crippen LogP contribution in [0.25, 0.3) is 0 Å². The van der Waals surface area contributed by atoms with Crippen LogP contribution in [0.1, 0.15) is 36.1 Å². The van der Waals surface area contributed by atoms with E-state index < -0.39 is 0 Å². The number of fused-ring (bicyclic) bond motifs is 1. The molecule has 2 fully saturated rings. The first-order chi connectivity index (χ1) is 14.9. The topological polar surface area (TPSA) is 44.7 Å². The molecule has 0 amide bonds. The van der Waals surface area contributed by atoms with E-state index >= 15 is 0 Å². The third-order valence-corrected chi connectivity index (χ3v) is 6.58. The van der Waals surface area contributed by atoms with Crippen molar-refractivity contribution < 1.29 is 4.74 Å². The number of hydrogen-bond donors (Lipinski definition) is 0. The molecule has 160 valence electrons. The van der Waals surface area contributed by atoms with Crippen LogP contribution >= 0.6 is 0 Å². The van der Waals surface area contributed by atoms with E-state index in [2.05, 4.69) is 45.0 Å². The summed E-state index contributed by atoms with van der Waals surface area (Å²) in [5.74, 6) is 2.13. The lowest BCUT2D eigenvalue weighted by molar-refractivity contribution is 0.122. The summed E-state index contributed by atoms with van der Waals surface area (Å²) in [4.78, 5) is 17.6. The van der Waals surface area contributed by atoms with Gasteiger partial charge in [0.2, 0.25) is 5.95 Å². The first kappa shape index (κ1) is 19.8. The van der Waals surface area contributed by atoms with Crippen LogP contribution in [-0.2, 0) is 24.1 Å². The van der Waals surface area contributed by atoms with Gasteiger partial charge in [-0.3, -0.25) is 4.90 Å². The van der Waals surface area contributed by atoms with Crippen molar-refractivity contribution in [3.8, 4) is 0 Å². The second kappa shape index (κ2) is 9.31. The van der Waals surface area contributed by atoms with Gasteiger partial charge in [-0.2, -0.15) is 4.98 Å². The number of benzene rings is 1. The van der Waals surface area contributed by atoms with Crippen molar-refractivity contribution in [1.29, 1.82) is 0 Å². The summed E-state index contributed by atoms with van der Waals surface area (Å²) < 4.78 is 5.59. The van der Waals surface area contributed by atoms with Gasteiger partial charge in [-0.05, 0) is 37.7 Å². The Hall–Kier alpha value is -2.18. The molecule has 0 spiro atoms. The van der Waals surface area contributed by atoms with Gasteiger partial charge in [-0.25, -0.2) is 4.98 Å². The molecule has 1 aromatic heterocycles. The van der Waals surface area contributed by atoms with Crippen molar-refractivity contribution in [2.75, 3.05) is 62.3 Å². The van der Waals surface area contributed by atoms with Crippen LogP contribution in [0.4, 0.5) is 11.8 Å². The first-order valence-electron chi connectivity index (χ1n) is 11.6.